The number of halogens is 1. The number of guanidine groups is 1. The zero-order chi connectivity index (χ0) is 13.4. The molecule has 1 unspecified atom stereocenters. The zero-order valence-corrected chi connectivity index (χ0v) is 12.3. The Bertz CT molecular complexity index is 533. The molecule has 0 aromatic heterocycles. The molecule has 0 fully saturated rings. The first-order valence-electron chi connectivity index (χ1n) is 6.36. The van der Waals surface area contributed by atoms with Gasteiger partial charge in [-0.1, -0.05) is 6.92 Å². The summed E-state index contributed by atoms with van der Waals surface area (Å²) in [4.78, 5) is 6.49. The second kappa shape index (κ2) is 4.92. The largest absolute Gasteiger partial charge is 0.454 e. The van der Waals surface area contributed by atoms with E-state index in [2.05, 4.69) is 38.8 Å². The van der Waals surface area contributed by atoms with E-state index in [0.717, 1.165) is 34.5 Å². The first-order valence-corrected chi connectivity index (χ1v) is 7.15. The Labute approximate surface area is 120 Å². The van der Waals surface area contributed by atoms with Crippen LogP contribution in [0.25, 0.3) is 0 Å². The fourth-order valence-corrected chi connectivity index (χ4v) is 3.08. The SMILES string of the molecule is CCCN1C(N)=NCC1c1cc(Br)c2c(c1)OCO2. The van der Waals surface area contributed by atoms with Gasteiger partial charge < -0.3 is 20.1 Å². The summed E-state index contributed by atoms with van der Waals surface area (Å²) >= 11 is 3.53. The normalized spacial score (nSPS) is 20.8. The van der Waals surface area contributed by atoms with E-state index in [1.807, 2.05) is 6.07 Å². The van der Waals surface area contributed by atoms with Crippen molar-refractivity contribution in [1.82, 2.24) is 4.90 Å². The highest BCUT2D eigenvalue weighted by Crippen LogP contribution is 2.42. The standard InChI is InChI=1S/C13H16BrN3O2/c1-2-3-17-10(6-16-13(17)15)8-4-9(14)12-11(5-8)18-7-19-12/h4-5,10H,2-3,6-7H2,1H3,(H2,15,16). The van der Waals surface area contributed by atoms with E-state index in [1.54, 1.807) is 0 Å². The molecule has 3 rings (SSSR count). The number of aliphatic imine (C=N–C) groups is 1. The maximum Gasteiger partial charge on any atom is 0.231 e. The zero-order valence-electron chi connectivity index (χ0n) is 10.7. The minimum atomic E-state index is 0.186. The molecule has 102 valence electrons. The fourth-order valence-electron chi connectivity index (χ4n) is 2.51. The van der Waals surface area contributed by atoms with Crippen LogP contribution in [0.4, 0.5) is 0 Å². The fraction of sp³-hybridized carbons (Fsp3) is 0.462. The van der Waals surface area contributed by atoms with Crippen LogP contribution >= 0.6 is 15.9 Å². The molecule has 0 bridgehead atoms. The number of nitrogens with two attached hydrogens (primary N) is 1. The molecule has 1 aromatic carbocycles. The molecule has 5 nitrogen and oxygen atoms in total. The van der Waals surface area contributed by atoms with Crippen LogP contribution in [0, 0.1) is 0 Å². The number of rotatable bonds is 3. The van der Waals surface area contributed by atoms with Gasteiger partial charge in [-0.15, -0.1) is 0 Å². The molecule has 1 aromatic rings. The van der Waals surface area contributed by atoms with Gasteiger partial charge >= 0.3 is 0 Å². The lowest BCUT2D eigenvalue weighted by atomic mass is 10.1. The number of hydrogen-bond acceptors (Lipinski definition) is 5. The van der Waals surface area contributed by atoms with Gasteiger partial charge in [-0.2, -0.15) is 0 Å². The predicted octanol–water partition coefficient (Wildman–Crippen LogP) is 2.26. The van der Waals surface area contributed by atoms with Crippen LogP contribution in [0.2, 0.25) is 0 Å². The lowest BCUT2D eigenvalue weighted by Crippen LogP contribution is -2.36. The average molecular weight is 326 g/mol. The molecule has 2 aliphatic rings. The predicted molar refractivity (Wildman–Crippen MR) is 76.5 cm³/mol. The Morgan fingerprint density at radius 1 is 1.47 bits per heavy atom. The Morgan fingerprint density at radius 2 is 2.32 bits per heavy atom. The van der Waals surface area contributed by atoms with Crippen LogP contribution in [-0.2, 0) is 0 Å². The second-order valence-electron chi connectivity index (χ2n) is 4.64. The quantitative estimate of drug-likeness (QED) is 0.926. The van der Waals surface area contributed by atoms with Crippen LogP contribution in [0.15, 0.2) is 21.6 Å². The average Bonchev–Trinajstić information content (AvgIpc) is 2.98. The molecule has 1 atom stereocenters. The highest BCUT2D eigenvalue weighted by molar-refractivity contribution is 9.10. The molecule has 0 amide bonds. The minimum Gasteiger partial charge on any atom is -0.454 e. The van der Waals surface area contributed by atoms with E-state index in [4.69, 9.17) is 15.2 Å². The highest BCUT2D eigenvalue weighted by atomic mass is 79.9. The van der Waals surface area contributed by atoms with Crippen molar-refractivity contribution in [2.24, 2.45) is 10.7 Å². The molecular weight excluding hydrogens is 310 g/mol. The topological polar surface area (TPSA) is 60.1 Å². The van der Waals surface area contributed by atoms with Crippen molar-refractivity contribution in [3.05, 3.63) is 22.2 Å². The first-order chi connectivity index (χ1) is 9.20. The molecule has 0 saturated carbocycles. The first kappa shape index (κ1) is 12.6. The highest BCUT2D eigenvalue weighted by Gasteiger charge is 2.29. The van der Waals surface area contributed by atoms with Gasteiger partial charge in [0.05, 0.1) is 17.1 Å². The second-order valence-corrected chi connectivity index (χ2v) is 5.50. The van der Waals surface area contributed by atoms with Gasteiger partial charge in [0.25, 0.3) is 0 Å². The third kappa shape index (κ3) is 2.14. The molecule has 2 N–H and O–H groups in total. The summed E-state index contributed by atoms with van der Waals surface area (Å²) in [6, 6.07) is 4.27. The summed E-state index contributed by atoms with van der Waals surface area (Å²) < 4.78 is 11.8. The Balaban J connectivity index is 1.92. The van der Waals surface area contributed by atoms with Crippen LogP contribution in [0.1, 0.15) is 24.9 Å². The number of ether oxygens (including phenoxy) is 2. The summed E-state index contributed by atoms with van der Waals surface area (Å²) in [6.07, 6.45) is 1.04. The van der Waals surface area contributed by atoms with Crippen molar-refractivity contribution in [2.75, 3.05) is 19.9 Å². The van der Waals surface area contributed by atoms with Gasteiger partial charge in [-0.05, 0) is 40.0 Å². The third-order valence-electron chi connectivity index (χ3n) is 3.40. The molecular formula is C13H16BrN3O2. The van der Waals surface area contributed by atoms with E-state index in [0.29, 0.717) is 12.5 Å². The summed E-state index contributed by atoms with van der Waals surface area (Å²) in [7, 11) is 0. The summed E-state index contributed by atoms with van der Waals surface area (Å²) in [5, 5.41) is 0. The smallest absolute Gasteiger partial charge is 0.231 e. The molecule has 0 spiro atoms. The molecule has 0 radical (unpaired) electrons. The Hall–Kier alpha value is -1.43. The number of fused-ring (bicyclic) bond motifs is 1. The molecule has 19 heavy (non-hydrogen) atoms. The summed E-state index contributed by atoms with van der Waals surface area (Å²) in [5.74, 6) is 2.18. The van der Waals surface area contributed by atoms with E-state index in [1.165, 1.54) is 0 Å². The van der Waals surface area contributed by atoms with Crippen molar-refractivity contribution < 1.29 is 9.47 Å². The van der Waals surface area contributed by atoms with Crippen LogP contribution in [0.3, 0.4) is 0 Å². The van der Waals surface area contributed by atoms with Gasteiger partial charge in [0.1, 0.15) is 0 Å². The monoisotopic (exact) mass is 325 g/mol. The van der Waals surface area contributed by atoms with Gasteiger partial charge in [-0.25, -0.2) is 0 Å². The van der Waals surface area contributed by atoms with E-state index >= 15 is 0 Å². The maximum absolute atomic E-state index is 5.95. The van der Waals surface area contributed by atoms with E-state index in [-0.39, 0.29) is 12.8 Å². The van der Waals surface area contributed by atoms with Crippen LogP contribution < -0.4 is 15.2 Å². The van der Waals surface area contributed by atoms with Gasteiger partial charge in [0.15, 0.2) is 17.5 Å². The van der Waals surface area contributed by atoms with Crippen molar-refractivity contribution >= 4 is 21.9 Å². The maximum atomic E-state index is 5.95. The van der Waals surface area contributed by atoms with Crippen LogP contribution in [-0.4, -0.2) is 30.7 Å². The van der Waals surface area contributed by atoms with Gasteiger partial charge in [0, 0.05) is 6.54 Å². The van der Waals surface area contributed by atoms with E-state index in [9.17, 15) is 0 Å². The van der Waals surface area contributed by atoms with Crippen molar-refractivity contribution in [1.29, 1.82) is 0 Å². The third-order valence-corrected chi connectivity index (χ3v) is 3.98. The summed E-state index contributed by atoms with van der Waals surface area (Å²) in [5.41, 5.74) is 7.10. The number of benzene rings is 1. The lowest BCUT2D eigenvalue weighted by Gasteiger charge is -2.26. The van der Waals surface area contributed by atoms with Crippen LogP contribution in [0.5, 0.6) is 11.5 Å². The number of nitrogens with zero attached hydrogens (tertiary/aromatic N) is 2. The molecule has 2 heterocycles. The van der Waals surface area contributed by atoms with Gasteiger partial charge in [0.2, 0.25) is 6.79 Å². The molecule has 0 aliphatic carbocycles. The minimum absolute atomic E-state index is 0.186. The van der Waals surface area contributed by atoms with Gasteiger partial charge in [-0.3, -0.25) is 4.99 Å². The van der Waals surface area contributed by atoms with Crippen molar-refractivity contribution in [3.8, 4) is 11.5 Å². The molecule has 2 aliphatic heterocycles. The summed E-state index contributed by atoms with van der Waals surface area (Å²) in [6.45, 7) is 4.02. The molecule has 6 heteroatoms. The lowest BCUT2D eigenvalue weighted by molar-refractivity contribution is 0.173. The van der Waals surface area contributed by atoms with E-state index < -0.39 is 0 Å². The Morgan fingerprint density at radius 3 is 3.11 bits per heavy atom. The Kier molecular flexibility index (Phi) is 3.26. The van der Waals surface area contributed by atoms with Crippen molar-refractivity contribution in [2.45, 2.75) is 19.4 Å². The number of hydrogen-bond donors (Lipinski definition) is 1. The van der Waals surface area contributed by atoms with Crippen molar-refractivity contribution in [3.63, 3.8) is 0 Å². The molecule has 0 saturated heterocycles.